The van der Waals surface area contributed by atoms with E-state index in [4.69, 9.17) is 9.47 Å². The Balaban J connectivity index is 0.00000288. The van der Waals surface area contributed by atoms with E-state index in [2.05, 4.69) is 48.2 Å². The van der Waals surface area contributed by atoms with Gasteiger partial charge in [-0.3, -0.25) is 4.99 Å². The smallest absolute Gasteiger partial charge is 0.193 e. The molecular weight excluding hydrogens is 417 g/mol. The molecule has 1 aliphatic heterocycles. The standard InChI is InChI=1S/C18H29N3O2.HI/c1-6-18(7-2,13-20-17-19-10-11-21(17)3)14-8-9-15(22-4)16(12-14)23-5;/h8-9,12H,6-7,10-11,13H2,1-5H3,(H,19,20);1H. The van der Waals surface area contributed by atoms with Crippen molar-refractivity contribution in [1.29, 1.82) is 0 Å². The number of rotatable bonds is 7. The van der Waals surface area contributed by atoms with Gasteiger partial charge in [-0.25, -0.2) is 0 Å². The van der Waals surface area contributed by atoms with Crippen molar-refractivity contribution in [2.24, 2.45) is 4.99 Å². The number of aliphatic imine (C=N–C) groups is 1. The second-order valence-electron chi connectivity index (χ2n) is 6.04. The van der Waals surface area contributed by atoms with Crippen LogP contribution in [0, 0.1) is 0 Å². The Kier molecular flexibility index (Phi) is 8.12. The molecule has 1 aliphatic rings. The zero-order valence-corrected chi connectivity index (χ0v) is 17.7. The zero-order valence-electron chi connectivity index (χ0n) is 15.4. The van der Waals surface area contributed by atoms with Crippen LogP contribution in [-0.2, 0) is 5.41 Å². The largest absolute Gasteiger partial charge is 0.493 e. The minimum atomic E-state index is 0. The summed E-state index contributed by atoms with van der Waals surface area (Å²) in [6.07, 6.45) is 2.09. The summed E-state index contributed by atoms with van der Waals surface area (Å²) in [7, 11) is 5.43. The molecule has 1 heterocycles. The van der Waals surface area contributed by atoms with Crippen molar-refractivity contribution in [2.45, 2.75) is 32.1 Å². The molecule has 0 radical (unpaired) electrons. The molecule has 0 amide bonds. The molecule has 0 saturated heterocycles. The molecule has 5 nitrogen and oxygen atoms in total. The van der Waals surface area contributed by atoms with Crippen LogP contribution >= 0.6 is 24.0 Å². The lowest BCUT2D eigenvalue weighted by molar-refractivity contribution is 0.348. The van der Waals surface area contributed by atoms with Crippen molar-refractivity contribution in [3.05, 3.63) is 23.8 Å². The Labute approximate surface area is 162 Å². The highest BCUT2D eigenvalue weighted by Crippen LogP contribution is 2.37. The summed E-state index contributed by atoms with van der Waals surface area (Å²) in [5.74, 6) is 2.55. The predicted molar refractivity (Wildman–Crippen MR) is 110 cm³/mol. The Hall–Kier alpha value is -1.18. The molecule has 0 unspecified atom stereocenters. The monoisotopic (exact) mass is 447 g/mol. The molecule has 1 N–H and O–H groups in total. The van der Waals surface area contributed by atoms with E-state index in [0.717, 1.165) is 49.9 Å². The number of nitrogens with zero attached hydrogens (tertiary/aromatic N) is 2. The van der Waals surface area contributed by atoms with Crippen LogP contribution in [0.1, 0.15) is 32.3 Å². The van der Waals surface area contributed by atoms with Gasteiger partial charge in [-0.05, 0) is 30.5 Å². The number of hydrogen-bond donors (Lipinski definition) is 1. The summed E-state index contributed by atoms with van der Waals surface area (Å²) in [5, 5.41) is 3.54. The van der Waals surface area contributed by atoms with Gasteiger partial charge < -0.3 is 19.7 Å². The summed E-state index contributed by atoms with van der Waals surface area (Å²) in [4.78, 5) is 6.70. The maximum Gasteiger partial charge on any atom is 0.193 e. The Morgan fingerprint density at radius 3 is 2.33 bits per heavy atom. The molecule has 0 saturated carbocycles. The fourth-order valence-electron chi connectivity index (χ4n) is 3.15. The van der Waals surface area contributed by atoms with E-state index in [1.807, 2.05) is 6.07 Å². The number of guanidine groups is 1. The van der Waals surface area contributed by atoms with Crippen LogP contribution in [0.2, 0.25) is 0 Å². The Bertz CT molecular complexity index is 559. The third-order valence-corrected chi connectivity index (χ3v) is 4.99. The van der Waals surface area contributed by atoms with Crippen LogP contribution in [0.3, 0.4) is 0 Å². The van der Waals surface area contributed by atoms with Gasteiger partial charge in [0.25, 0.3) is 0 Å². The third kappa shape index (κ3) is 4.26. The van der Waals surface area contributed by atoms with E-state index in [1.165, 1.54) is 5.56 Å². The highest BCUT2D eigenvalue weighted by atomic mass is 127. The quantitative estimate of drug-likeness (QED) is 0.652. The van der Waals surface area contributed by atoms with Crippen LogP contribution < -0.4 is 14.8 Å². The van der Waals surface area contributed by atoms with Crippen molar-refractivity contribution in [2.75, 3.05) is 40.9 Å². The number of likely N-dealkylation sites (N-methyl/N-ethyl adjacent to an activating group) is 1. The molecule has 0 spiro atoms. The average molecular weight is 447 g/mol. The number of halogens is 1. The van der Waals surface area contributed by atoms with Crippen molar-refractivity contribution in [1.82, 2.24) is 10.2 Å². The summed E-state index contributed by atoms with van der Waals surface area (Å²) >= 11 is 0. The van der Waals surface area contributed by atoms with Gasteiger partial charge in [0.2, 0.25) is 0 Å². The molecule has 136 valence electrons. The van der Waals surface area contributed by atoms with Gasteiger partial charge in [-0.1, -0.05) is 19.9 Å². The minimum absolute atomic E-state index is 0. The minimum Gasteiger partial charge on any atom is -0.493 e. The highest BCUT2D eigenvalue weighted by Gasteiger charge is 2.30. The van der Waals surface area contributed by atoms with Gasteiger partial charge in [-0.2, -0.15) is 0 Å². The average Bonchev–Trinajstić information content (AvgIpc) is 3.01. The fraction of sp³-hybridized carbons (Fsp3) is 0.611. The van der Waals surface area contributed by atoms with E-state index in [0.29, 0.717) is 0 Å². The summed E-state index contributed by atoms with van der Waals surface area (Å²) in [6, 6.07) is 6.25. The molecule has 6 heteroatoms. The molecule has 0 atom stereocenters. The number of nitrogens with one attached hydrogen (secondary N) is 1. The van der Waals surface area contributed by atoms with Gasteiger partial charge >= 0.3 is 0 Å². The first kappa shape index (κ1) is 20.9. The van der Waals surface area contributed by atoms with E-state index in [-0.39, 0.29) is 29.4 Å². The predicted octanol–water partition coefficient (Wildman–Crippen LogP) is 3.27. The first-order chi connectivity index (χ1) is 11.1. The number of hydrogen-bond acceptors (Lipinski definition) is 5. The van der Waals surface area contributed by atoms with Gasteiger partial charge in [0.05, 0.1) is 20.8 Å². The summed E-state index contributed by atoms with van der Waals surface area (Å²) in [5.41, 5.74) is 1.32. The first-order valence-corrected chi connectivity index (χ1v) is 8.32. The number of ether oxygens (including phenoxy) is 2. The van der Waals surface area contributed by atoms with E-state index in [9.17, 15) is 0 Å². The van der Waals surface area contributed by atoms with Crippen LogP contribution in [0.5, 0.6) is 11.5 Å². The van der Waals surface area contributed by atoms with Crippen LogP contribution in [0.4, 0.5) is 0 Å². The molecule has 0 bridgehead atoms. The van der Waals surface area contributed by atoms with Gasteiger partial charge in [0, 0.05) is 25.6 Å². The molecule has 0 aromatic heterocycles. The lowest BCUT2D eigenvalue weighted by Gasteiger charge is -2.34. The number of benzene rings is 1. The third-order valence-electron chi connectivity index (χ3n) is 4.99. The molecular formula is C18H30IN3O2. The number of methoxy groups -OCH3 is 2. The van der Waals surface area contributed by atoms with Crippen molar-refractivity contribution >= 4 is 29.9 Å². The van der Waals surface area contributed by atoms with E-state index >= 15 is 0 Å². The summed E-state index contributed by atoms with van der Waals surface area (Å²) < 4.78 is 10.8. The van der Waals surface area contributed by atoms with Crippen LogP contribution in [0.15, 0.2) is 23.2 Å². The summed E-state index contributed by atoms with van der Waals surface area (Å²) in [6.45, 7) is 7.20. The van der Waals surface area contributed by atoms with E-state index < -0.39 is 0 Å². The highest BCUT2D eigenvalue weighted by molar-refractivity contribution is 14.0. The first-order valence-electron chi connectivity index (χ1n) is 8.32. The lowest BCUT2D eigenvalue weighted by Crippen LogP contribution is -2.44. The van der Waals surface area contributed by atoms with Crippen LogP contribution in [-0.4, -0.2) is 51.8 Å². The second kappa shape index (κ2) is 9.34. The van der Waals surface area contributed by atoms with Crippen molar-refractivity contribution in [3.8, 4) is 11.5 Å². The second-order valence-corrected chi connectivity index (χ2v) is 6.04. The molecule has 24 heavy (non-hydrogen) atoms. The Morgan fingerprint density at radius 2 is 1.83 bits per heavy atom. The maximum atomic E-state index is 5.48. The van der Waals surface area contributed by atoms with Crippen LogP contribution in [0.25, 0.3) is 0 Å². The molecule has 1 aromatic carbocycles. The van der Waals surface area contributed by atoms with E-state index in [1.54, 1.807) is 14.2 Å². The molecule has 0 fully saturated rings. The fourth-order valence-corrected chi connectivity index (χ4v) is 3.15. The SMILES string of the molecule is CCC(CC)(CNC1=NCCN1C)c1ccc(OC)c(OC)c1.I. The van der Waals surface area contributed by atoms with Crippen molar-refractivity contribution in [3.63, 3.8) is 0 Å². The van der Waals surface area contributed by atoms with Gasteiger partial charge in [0.1, 0.15) is 0 Å². The normalized spacial score (nSPS) is 14.0. The molecule has 1 aromatic rings. The Morgan fingerprint density at radius 1 is 1.17 bits per heavy atom. The topological polar surface area (TPSA) is 46.1 Å². The van der Waals surface area contributed by atoms with Gasteiger partial charge in [-0.15, -0.1) is 24.0 Å². The molecule has 2 rings (SSSR count). The van der Waals surface area contributed by atoms with Gasteiger partial charge in [0.15, 0.2) is 17.5 Å². The van der Waals surface area contributed by atoms with Crippen molar-refractivity contribution < 1.29 is 9.47 Å². The molecule has 0 aliphatic carbocycles. The lowest BCUT2D eigenvalue weighted by atomic mass is 9.75. The zero-order chi connectivity index (χ0) is 16.9. The maximum absolute atomic E-state index is 5.48.